The van der Waals surface area contributed by atoms with E-state index in [2.05, 4.69) is 34.9 Å². The van der Waals surface area contributed by atoms with Gasteiger partial charge in [-0.25, -0.2) is 5.43 Å². The minimum absolute atomic E-state index is 0.0412. The van der Waals surface area contributed by atoms with E-state index in [4.69, 9.17) is 23.9 Å². The van der Waals surface area contributed by atoms with Crippen molar-refractivity contribution in [2.45, 2.75) is 129 Å². The van der Waals surface area contributed by atoms with Crippen LogP contribution in [-0.4, -0.2) is 170 Å². The van der Waals surface area contributed by atoms with Gasteiger partial charge in [0, 0.05) is 74.8 Å². The SMILES string of the molecule is C=CC(=O)N1CC[C@H](C(=O)N(C)[C@H](C(=O)N[C@H]2Cc3cc(OC4O[C@H](CO)[C@@H](O)[C@H](O)[C@H]4O)cc(c3)-c3ccc4c(c3)c(c(-c3cccnc3COC)n4CC)CC(C)(C)COC(=O)[C@@H]3CCCN(N3)C2=O)C(C)C)C1. The number of amides is 4. The van der Waals surface area contributed by atoms with Crippen LogP contribution in [0, 0.1) is 17.3 Å². The van der Waals surface area contributed by atoms with Gasteiger partial charge in [-0.1, -0.05) is 46.4 Å². The zero-order chi connectivity index (χ0) is 54.7. The summed E-state index contributed by atoms with van der Waals surface area (Å²) in [5.41, 5.74) is 8.75. The van der Waals surface area contributed by atoms with Gasteiger partial charge < -0.3 is 59.1 Å². The van der Waals surface area contributed by atoms with Crippen molar-refractivity contribution in [3.63, 3.8) is 0 Å². The lowest BCUT2D eigenvalue weighted by Gasteiger charge is -2.39. The summed E-state index contributed by atoms with van der Waals surface area (Å²) in [7, 11) is 3.17. The Morgan fingerprint density at radius 1 is 1.04 bits per heavy atom. The molecule has 0 aliphatic carbocycles. The summed E-state index contributed by atoms with van der Waals surface area (Å²) in [6.07, 6.45) is -3.47. The van der Waals surface area contributed by atoms with Crippen molar-refractivity contribution < 1.29 is 63.3 Å². The van der Waals surface area contributed by atoms with E-state index in [1.54, 1.807) is 51.2 Å². The number of ether oxygens (including phenoxy) is 4. The van der Waals surface area contributed by atoms with Crippen LogP contribution in [0.25, 0.3) is 33.3 Å². The number of likely N-dealkylation sites (tertiary alicyclic amines) is 1. The predicted molar refractivity (Wildman–Crippen MR) is 280 cm³/mol. The Hall–Kier alpha value is -6.26. The van der Waals surface area contributed by atoms with E-state index in [-0.39, 0.29) is 50.3 Å². The van der Waals surface area contributed by atoms with Gasteiger partial charge in [0.2, 0.25) is 24.0 Å². The Kier molecular flexibility index (Phi) is 17.3. The van der Waals surface area contributed by atoms with Crippen molar-refractivity contribution in [1.29, 1.82) is 0 Å². The summed E-state index contributed by atoms with van der Waals surface area (Å²) < 4.78 is 26.1. The van der Waals surface area contributed by atoms with E-state index in [9.17, 15) is 39.6 Å². The molecule has 2 aromatic heterocycles. The average molecular weight is 1050 g/mol. The topological polar surface area (TPSA) is 255 Å². The zero-order valence-corrected chi connectivity index (χ0v) is 44.4. The van der Waals surface area contributed by atoms with Crippen molar-refractivity contribution in [2.24, 2.45) is 17.3 Å². The number of esters is 1. The van der Waals surface area contributed by atoms with Crippen LogP contribution >= 0.6 is 0 Å². The third kappa shape index (κ3) is 11.7. The first-order valence-corrected chi connectivity index (χ1v) is 26.2. The maximum atomic E-state index is 15.1. The van der Waals surface area contributed by atoms with Crippen LogP contribution in [0.1, 0.15) is 70.7 Å². The number of likely N-dealkylation sites (N-methyl/N-ethyl adjacent to an activating group) is 1. The molecule has 20 nitrogen and oxygen atoms in total. The van der Waals surface area contributed by atoms with Gasteiger partial charge in [0.25, 0.3) is 5.91 Å². The highest BCUT2D eigenvalue weighted by molar-refractivity contribution is 5.96. The fourth-order valence-corrected chi connectivity index (χ4v) is 11.2. The second-order valence-electron chi connectivity index (χ2n) is 21.6. The quantitative estimate of drug-likeness (QED) is 0.0832. The van der Waals surface area contributed by atoms with E-state index >= 15 is 4.79 Å². The number of pyridine rings is 1. The Bertz CT molecular complexity index is 2810. The molecule has 2 aromatic carbocycles. The summed E-state index contributed by atoms with van der Waals surface area (Å²) in [5, 5.41) is 47.8. The minimum atomic E-state index is -1.74. The Balaban J connectivity index is 1.27. The number of nitrogens with zero attached hydrogens (tertiary/aromatic N) is 5. The average Bonchev–Trinajstić information content (AvgIpc) is 4.05. The maximum absolute atomic E-state index is 15.1. The fraction of sp³-hybridized carbons (Fsp3) is 0.536. The number of nitrogens with one attached hydrogen (secondary N) is 2. The van der Waals surface area contributed by atoms with Crippen molar-refractivity contribution >= 4 is 40.5 Å². The predicted octanol–water partition coefficient (Wildman–Crippen LogP) is 2.88. The summed E-state index contributed by atoms with van der Waals surface area (Å²) in [6, 6.07) is 11.9. The molecular weight excluding hydrogens is 979 g/mol. The largest absolute Gasteiger partial charge is 0.464 e. The molecule has 0 radical (unpaired) electrons. The number of aryl methyl sites for hydroxylation is 1. The molecule has 4 aromatic rings. The second-order valence-corrected chi connectivity index (χ2v) is 21.6. The number of hydrogen-bond acceptors (Lipinski definition) is 15. The third-order valence-corrected chi connectivity index (χ3v) is 15.1. The van der Waals surface area contributed by atoms with Crippen molar-refractivity contribution in [1.82, 2.24) is 35.1 Å². The standard InChI is InChI=1S/C56H73N7O13/c1-9-45(65)61-20-17-34(27-61)52(70)60(7)46(31(3)4)51(69)58-41-23-32-21-35(24-36(22-32)75-55-50(68)49(67)48(66)44(28-64)76-55)33-15-16-43-38(25-33)39(47(62(43)10-2)37-13-11-18-57-42(37)29-73-8)26-56(5,6)30-74-54(72)40-14-12-19-63(59-40)53(41)71/h9,11,13,15-16,18,21-22,24-25,31,34,40-41,44,46,48-50,55,59,64,66-68H,1,10,12,14,17,19-20,23,26-30H2,2-8H3,(H,58,69)/t34-,40-,41-,44+,46-,48+,49-,50+,55?/m0/s1. The van der Waals surface area contributed by atoms with Crippen LogP contribution in [-0.2, 0) is 64.2 Å². The summed E-state index contributed by atoms with van der Waals surface area (Å²) >= 11 is 0. The minimum Gasteiger partial charge on any atom is -0.464 e. The zero-order valence-electron chi connectivity index (χ0n) is 44.4. The molecule has 6 heterocycles. The first kappa shape index (κ1) is 56.0. The highest BCUT2D eigenvalue weighted by atomic mass is 16.7. The number of fused-ring (bicyclic) bond motifs is 6. The molecule has 6 bridgehead atoms. The molecule has 4 amide bonds. The summed E-state index contributed by atoms with van der Waals surface area (Å²) in [4.78, 5) is 78.2. The van der Waals surface area contributed by atoms with Crippen LogP contribution < -0.4 is 15.5 Å². The van der Waals surface area contributed by atoms with Crippen molar-refractivity contribution in [3.05, 3.63) is 84.2 Å². The van der Waals surface area contributed by atoms with Crippen LogP contribution in [0.5, 0.6) is 5.75 Å². The summed E-state index contributed by atoms with van der Waals surface area (Å²) in [5.74, 6) is -3.19. The third-order valence-electron chi connectivity index (χ3n) is 15.1. The molecule has 8 rings (SSSR count). The van der Waals surface area contributed by atoms with Gasteiger partial charge in [0.15, 0.2) is 0 Å². The van der Waals surface area contributed by atoms with Crippen LogP contribution in [0.2, 0.25) is 0 Å². The molecule has 1 unspecified atom stereocenters. The van der Waals surface area contributed by atoms with Gasteiger partial charge >= 0.3 is 5.97 Å². The molecule has 3 saturated heterocycles. The maximum Gasteiger partial charge on any atom is 0.324 e. The number of benzene rings is 2. The number of aromatic nitrogens is 2. The number of hydrogen-bond donors (Lipinski definition) is 6. The number of aliphatic hydroxyl groups excluding tert-OH is 4. The molecule has 6 N–H and O–H groups in total. The van der Waals surface area contributed by atoms with Gasteiger partial charge in [-0.2, -0.15) is 0 Å². The Morgan fingerprint density at radius 2 is 1.82 bits per heavy atom. The lowest BCUT2D eigenvalue weighted by Crippen LogP contribution is -2.62. The molecule has 0 saturated carbocycles. The lowest BCUT2D eigenvalue weighted by molar-refractivity contribution is -0.277. The van der Waals surface area contributed by atoms with Crippen LogP contribution in [0.15, 0.2) is 67.4 Å². The fourth-order valence-electron chi connectivity index (χ4n) is 11.2. The molecule has 76 heavy (non-hydrogen) atoms. The van der Waals surface area contributed by atoms with Crippen molar-refractivity contribution in [2.75, 3.05) is 47.0 Å². The molecule has 4 aliphatic rings. The van der Waals surface area contributed by atoms with E-state index in [1.165, 1.54) is 16.0 Å². The van der Waals surface area contributed by atoms with Gasteiger partial charge in [-0.3, -0.25) is 34.0 Å². The highest BCUT2D eigenvalue weighted by Crippen LogP contribution is 2.42. The second kappa shape index (κ2) is 23.5. The number of rotatable bonds is 13. The number of aliphatic hydroxyl groups is 4. The molecule has 20 heteroatoms. The van der Waals surface area contributed by atoms with Gasteiger partial charge in [0.1, 0.15) is 48.3 Å². The highest BCUT2D eigenvalue weighted by Gasteiger charge is 2.45. The normalized spacial score (nSPS) is 25.4. The molecule has 0 spiro atoms. The number of carbonyl (C=O) groups excluding carboxylic acids is 5. The number of methoxy groups -OCH3 is 1. The van der Waals surface area contributed by atoms with Gasteiger partial charge in [-0.05, 0) is 103 Å². The molecule has 4 aliphatic heterocycles. The molecule has 3 fully saturated rings. The van der Waals surface area contributed by atoms with E-state index in [0.717, 1.165) is 39.0 Å². The number of hydrazine groups is 1. The Labute approximate surface area is 442 Å². The van der Waals surface area contributed by atoms with E-state index in [0.29, 0.717) is 49.9 Å². The van der Waals surface area contributed by atoms with E-state index < -0.39 is 90.5 Å². The van der Waals surface area contributed by atoms with Crippen molar-refractivity contribution in [3.8, 4) is 28.1 Å². The van der Waals surface area contributed by atoms with E-state index in [1.807, 2.05) is 44.2 Å². The van der Waals surface area contributed by atoms with Gasteiger partial charge in [0.05, 0.1) is 37.1 Å². The number of cyclic esters (lactones) is 1. The first-order valence-electron chi connectivity index (χ1n) is 26.2. The Morgan fingerprint density at radius 3 is 2.53 bits per heavy atom. The first-order chi connectivity index (χ1) is 36.3. The van der Waals surface area contributed by atoms with Crippen LogP contribution in [0.4, 0.5) is 0 Å². The summed E-state index contributed by atoms with van der Waals surface area (Å²) in [6.45, 7) is 14.3. The lowest BCUT2D eigenvalue weighted by atomic mass is 9.84. The van der Waals surface area contributed by atoms with Gasteiger partial charge in [-0.15, -0.1) is 0 Å². The molecule has 410 valence electrons. The smallest absolute Gasteiger partial charge is 0.324 e. The number of carbonyl (C=O) groups is 5. The molecular formula is C56H73N7O13. The molecule has 9 atom stereocenters. The van der Waals surface area contributed by atoms with Crippen LogP contribution in [0.3, 0.4) is 0 Å². The monoisotopic (exact) mass is 1050 g/mol.